The smallest absolute Gasteiger partial charge is 0.331 e. The van der Waals surface area contributed by atoms with Crippen molar-refractivity contribution in [3.63, 3.8) is 0 Å². The van der Waals surface area contributed by atoms with Crippen LogP contribution in [0.2, 0.25) is 0 Å². The van der Waals surface area contributed by atoms with Crippen molar-refractivity contribution < 1.29 is 22.8 Å². The first-order chi connectivity index (χ1) is 19.3. The molecule has 0 aliphatic carbocycles. The number of alkyl halides is 3. The van der Waals surface area contributed by atoms with Gasteiger partial charge in [0.1, 0.15) is 0 Å². The quantitative estimate of drug-likeness (QED) is 0.245. The molecule has 1 heterocycles. The highest BCUT2D eigenvalue weighted by Crippen LogP contribution is 2.30. The van der Waals surface area contributed by atoms with E-state index in [9.17, 15) is 22.8 Å². The zero-order valence-corrected chi connectivity index (χ0v) is 23.0. The Morgan fingerprint density at radius 1 is 0.902 bits per heavy atom. The second kappa shape index (κ2) is 11.8. The summed E-state index contributed by atoms with van der Waals surface area (Å²) in [6.45, 7) is 8.16. The van der Waals surface area contributed by atoms with Gasteiger partial charge in [-0.3, -0.25) is 15.0 Å². The lowest BCUT2D eigenvalue weighted by atomic mass is 9.87. The molecule has 41 heavy (non-hydrogen) atoms. The Hall–Kier alpha value is -4.74. The largest absolute Gasteiger partial charge is 0.416 e. The highest BCUT2D eigenvalue weighted by molar-refractivity contribution is 6.03. The Bertz CT molecular complexity index is 1460. The Balaban J connectivity index is 1.54. The van der Waals surface area contributed by atoms with Gasteiger partial charge in [-0.15, -0.1) is 5.10 Å². The van der Waals surface area contributed by atoms with E-state index in [1.165, 1.54) is 12.1 Å². The van der Waals surface area contributed by atoms with E-state index in [0.717, 1.165) is 23.3 Å². The third kappa shape index (κ3) is 7.47. The summed E-state index contributed by atoms with van der Waals surface area (Å²) >= 11 is 0. The maximum absolute atomic E-state index is 13.5. The highest BCUT2D eigenvalue weighted by Gasteiger charge is 2.30. The van der Waals surface area contributed by atoms with Gasteiger partial charge in [-0.05, 0) is 70.6 Å². The molecule has 0 aliphatic rings. The fraction of sp³-hybridized carbons (Fsp3) is 0.276. The lowest BCUT2D eigenvalue weighted by molar-refractivity contribution is -0.137. The molecule has 0 spiro atoms. The van der Waals surface area contributed by atoms with Crippen molar-refractivity contribution >= 4 is 23.6 Å². The van der Waals surface area contributed by atoms with Gasteiger partial charge in [-0.25, -0.2) is 4.79 Å². The van der Waals surface area contributed by atoms with Crippen molar-refractivity contribution in [2.45, 2.75) is 51.9 Å². The minimum Gasteiger partial charge on any atom is -0.331 e. The summed E-state index contributed by atoms with van der Waals surface area (Å²) in [5.74, 6) is -0.376. The molecule has 4 rings (SSSR count). The van der Waals surface area contributed by atoms with Crippen LogP contribution in [-0.2, 0) is 18.1 Å². The molecule has 1 unspecified atom stereocenters. The number of hydrogen-bond donors (Lipinski definition) is 3. The number of anilines is 2. The lowest BCUT2D eigenvalue weighted by Crippen LogP contribution is -2.41. The number of urea groups is 1. The number of rotatable bonds is 7. The average Bonchev–Trinajstić information content (AvgIpc) is 3.44. The maximum atomic E-state index is 13.5. The van der Waals surface area contributed by atoms with E-state index in [1.807, 2.05) is 24.3 Å². The summed E-state index contributed by atoms with van der Waals surface area (Å²) in [7, 11) is 0. The molecule has 3 amide bonds. The number of carbonyl (C=O) groups is 2. The summed E-state index contributed by atoms with van der Waals surface area (Å²) in [5.41, 5.74) is 2.53. The van der Waals surface area contributed by atoms with Gasteiger partial charge in [0.05, 0.1) is 18.2 Å². The van der Waals surface area contributed by atoms with Crippen LogP contribution < -0.4 is 15.5 Å². The number of halogens is 3. The number of hydrogen-bond acceptors (Lipinski definition) is 5. The van der Waals surface area contributed by atoms with Crippen LogP contribution in [0, 0.1) is 0 Å². The molecule has 214 valence electrons. The van der Waals surface area contributed by atoms with E-state index in [0.29, 0.717) is 16.8 Å². The first-order valence-corrected chi connectivity index (χ1v) is 12.8. The van der Waals surface area contributed by atoms with Gasteiger partial charge in [-0.2, -0.15) is 18.4 Å². The summed E-state index contributed by atoms with van der Waals surface area (Å²) in [6.07, 6.45) is -4.44. The number of aromatic nitrogens is 4. The Morgan fingerprint density at radius 3 is 2.05 bits per heavy atom. The van der Waals surface area contributed by atoms with Gasteiger partial charge in [0.2, 0.25) is 0 Å². The van der Waals surface area contributed by atoms with Gasteiger partial charge < -0.3 is 5.32 Å². The molecule has 3 aromatic carbocycles. The van der Waals surface area contributed by atoms with E-state index in [4.69, 9.17) is 0 Å². The predicted molar refractivity (Wildman–Crippen MR) is 148 cm³/mol. The van der Waals surface area contributed by atoms with E-state index in [1.54, 1.807) is 36.1 Å². The molecule has 0 saturated carbocycles. The van der Waals surface area contributed by atoms with Crippen molar-refractivity contribution in [1.29, 1.82) is 0 Å². The Morgan fingerprint density at radius 2 is 1.51 bits per heavy atom. The van der Waals surface area contributed by atoms with Crippen molar-refractivity contribution in [1.82, 2.24) is 25.9 Å². The molecule has 1 atom stereocenters. The zero-order valence-electron chi connectivity index (χ0n) is 23.0. The normalized spacial score (nSPS) is 12.5. The summed E-state index contributed by atoms with van der Waals surface area (Å²) in [6, 6.07) is 18.0. The number of benzene rings is 3. The summed E-state index contributed by atoms with van der Waals surface area (Å²) < 4.78 is 38.9. The molecule has 0 radical (unpaired) electrons. The van der Waals surface area contributed by atoms with Crippen LogP contribution in [-0.4, -0.2) is 32.6 Å². The van der Waals surface area contributed by atoms with Crippen molar-refractivity contribution in [3.8, 4) is 0 Å². The standard InChI is InChI=1S/C29H30F3N7O2/c1-18(20-9-11-23(12-10-20)29(30,31)32)33-27(41)39(24-15-13-22(14-16-24)28(2,3)4)17-19-5-7-21(8-6-19)25(40)34-26-35-37-38-36-26/h5-16,18H,17H2,1-4H3,(H,33,41)(H2,34,35,36,37,38,40). The molecule has 3 N–H and O–H groups in total. The molecule has 0 bridgehead atoms. The van der Waals surface area contributed by atoms with E-state index < -0.39 is 29.7 Å². The SMILES string of the molecule is CC(NC(=O)N(Cc1ccc(C(=O)Nc2nn[nH]n2)cc1)c1ccc(C(C)(C)C)cc1)c1ccc(C(F)(F)F)cc1. The number of nitrogens with zero attached hydrogens (tertiary/aromatic N) is 4. The van der Waals surface area contributed by atoms with Crippen LogP contribution in [0.3, 0.4) is 0 Å². The fourth-order valence-electron chi connectivity index (χ4n) is 4.06. The van der Waals surface area contributed by atoms with Crippen LogP contribution in [0.5, 0.6) is 0 Å². The minimum absolute atomic E-state index is 0.0443. The van der Waals surface area contributed by atoms with E-state index in [2.05, 4.69) is 52.0 Å². The summed E-state index contributed by atoms with van der Waals surface area (Å²) in [5, 5.41) is 18.4. The molecule has 0 saturated heterocycles. The minimum atomic E-state index is -4.44. The molecular weight excluding hydrogens is 535 g/mol. The number of nitrogens with one attached hydrogen (secondary N) is 3. The second-order valence-electron chi connectivity index (χ2n) is 10.6. The van der Waals surface area contributed by atoms with Crippen LogP contribution >= 0.6 is 0 Å². The predicted octanol–water partition coefficient (Wildman–Crippen LogP) is 6.25. The van der Waals surface area contributed by atoms with E-state index >= 15 is 0 Å². The highest BCUT2D eigenvalue weighted by atomic mass is 19.4. The number of amides is 3. The molecule has 12 heteroatoms. The van der Waals surface area contributed by atoms with Gasteiger partial charge >= 0.3 is 12.2 Å². The molecular formula is C29H30F3N7O2. The van der Waals surface area contributed by atoms with Gasteiger partial charge in [0.25, 0.3) is 11.9 Å². The topological polar surface area (TPSA) is 116 Å². The fourth-order valence-corrected chi connectivity index (χ4v) is 4.06. The molecule has 0 fully saturated rings. The maximum Gasteiger partial charge on any atom is 0.416 e. The monoisotopic (exact) mass is 565 g/mol. The van der Waals surface area contributed by atoms with Crippen LogP contribution in [0.15, 0.2) is 72.8 Å². The number of H-pyrrole nitrogens is 1. The van der Waals surface area contributed by atoms with Gasteiger partial charge in [0, 0.05) is 11.3 Å². The molecule has 0 aliphatic heterocycles. The Kier molecular flexibility index (Phi) is 8.41. The first-order valence-electron chi connectivity index (χ1n) is 12.8. The third-order valence-corrected chi connectivity index (χ3v) is 6.50. The van der Waals surface area contributed by atoms with Gasteiger partial charge in [-0.1, -0.05) is 62.3 Å². The second-order valence-corrected chi connectivity index (χ2v) is 10.6. The lowest BCUT2D eigenvalue weighted by Gasteiger charge is -2.27. The summed E-state index contributed by atoms with van der Waals surface area (Å²) in [4.78, 5) is 27.5. The first kappa shape index (κ1) is 29.2. The molecule has 9 nitrogen and oxygen atoms in total. The average molecular weight is 566 g/mol. The Labute approximate surface area is 235 Å². The van der Waals surface area contributed by atoms with Crippen LogP contribution in [0.1, 0.15) is 66.3 Å². The van der Waals surface area contributed by atoms with Crippen LogP contribution in [0.25, 0.3) is 0 Å². The molecule has 4 aromatic rings. The number of tetrazole rings is 1. The molecule has 1 aromatic heterocycles. The van der Waals surface area contributed by atoms with Crippen molar-refractivity contribution in [3.05, 3.63) is 101 Å². The number of aromatic amines is 1. The van der Waals surface area contributed by atoms with Crippen molar-refractivity contribution in [2.75, 3.05) is 10.2 Å². The third-order valence-electron chi connectivity index (χ3n) is 6.50. The van der Waals surface area contributed by atoms with Gasteiger partial charge in [0.15, 0.2) is 0 Å². The zero-order chi connectivity index (χ0) is 29.8. The number of carbonyl (C=O) groups excluding carboxylic acids is 2. The van der Waals surface area contributed by atoms with Crippen molar-refractivity contribution in [2.24, 2.45) is 0 Å². The van der Waals surface area contributed by atoms with E-state index in [-0.39, 0.29) is 17.9 Å². The van der Waals surface area contributed by atoms with Crippen LogP contribution in [0.4, 0.5) is 29.6 Å².